The Kier molecular flexibility index (Phi) is 5.62. The number of nitrogens with one attached hydrogen (secondary N) is 4. The third kappa shape index (κ3) is 3.83. The molecule has 0 saturated heterocycles. The third-order valence-corrected chi connectivity index (χ3v) is 4.91. The molecule has 9 nitrogen and oxygen atoms in total. The number of carbonyl (C=O) groups excluding carboxylic acids is 1. The average molecular weight is 383 g/mol. The van der Waals surface area contributed by atoms with Gasteiger partial charge < -0.3 is 20.9 Å². The summed E-state index contributed by atoms with van der Waals surface area (Å²) in [5.74, 6) is 1.19. The Balaban J connectivity index is 1.98. The van der Waals surface area contributed by atoms with Gasteiger partial charge in [-0.2, -0.15) is 9.61 Å². The summed E-state index contributed by atoms with van der Waals surface area (Å²) in [5.41, 5.74) is 0.870. The van der Waals surface area contributed by atoms with E-state index in [2.05, 4.69) is 44.9 Å². The summed E-state index contributed by atoms with van der Waals surface area (Å²) >= 11 is 0. The van der Waals surface area contributed by atoms with Crippen LogP contribution in [-0.4, -0.2) is 38.6 Å². The molecule has 2 atom stereocenters. The highest BCUT2D eigenvalue weighted by atomic mass is 16.1. The maximum Gasteiger partial charge on any atom is 0.271 e. The normalized spacial score (nSPS) is 13.1. The summed E-state index contributed by atoms with van der Waals surface area (Å²) in [7, 11) is 1.75. The Morgan fingerprint density at radius 3 is 2.82 bits per heavy atom. The van der Waals surface area contributed by atoms with Crippen LogP contribution in [0.5, 0.6) is 0 Å². The zero-order valence-corrected chi connectivity index (χ0v) is 16.4. The highest BCUT2D eigenvalue weighted by Gasteiger charge is 2.20. The molecule has 0 bridgehead atoms. The lowest BCUT2D eigenvalue weighted by atomic mass is 10.0. The average Bonchev–Trinajstić information content (AvgIpc) is 3.12. The second-order valence-corrected chi connectivity index (χ2v) is 6.76. The molecule has 2 unspecified atom stereocenters. The predicted molar refractivity (Wildman–Crippen MR) is 109 cm³/mol. The van der Waals surface area contributed by atoms with Crippen molar-refractivity contribution in [3.8, 4) is 0 Å². The first kappa shape index (κ1) is 19.4. The number of aromatic nitrogens is 4. The number of anilines is 3. The highest BCUT2D eigenvalue weighted by Crippen LogP contribution is 2.21. The summed E-state index contributed by atoms with van der Waals surface area (Å²) in [5, 5.41) is 13.3. The molecule has 0 aliphatic carbocycles. The molecule has 0 fully saturated rings. The molecule has 0 radical (unpaired) electrons. The smallest absolute Gasteiger partial charge is 0.271 e. The molecule has 3 aromatic rings. The molecule has 0 aliphatic rings. The van der Waals surface area contributed by atoms with Crippen LogP contribution < -0.4 is 21.5 Å². The lowest BCUT2D eigenvalue weighted by Gasteiger charge is -2.19. The number of nitrogens with zero attached hydrogens (tertiary/aromatic N) is 3. The number of hydrogen-bond donors (Lipinski definition) is 4. The van der Waals surface area contributed by atoms with E-state index in [1.165, 1.54) is 6.20 Å². The molecule has 3 heterocycles. The number of carbonyl (C=O) groups is 1. The van der Waals surface area contributed by atoms with Crippen LogP contribution in [0.3, 0.4) is 0 Å². The molecule has 0 aromatic carbocycles. The number of aromatic amines is 1. The van der Waals surface area contributed by atoms with Gasteiger partial charge in [-0.15, -0.1) is 0 Å². The molecule has 3 rings (SSSR count). The zero-order chi connectivity index (χ0) is 20.3. The standard InChI is InChI=1S/C19H25N7O2/c1-5-11(2)12(3)23-18(27)13-10-22-26-16(20-4)9-15(25-17(13)26)24-14-7-6-8-21-19(14)28/h6-12,20H,5H2,1-4H3,(H,21,28)(H,23,27)(H,24,25). The summed E-state index contributed by atoms with van der Waals surface area (Å²) in [6.07, 6.45) is 4.03. The first-order valence-corrected chi connectivity index (χ1v) is 9.26. The topological polar surface area (TPSA) is 116 Å². The van der Waals surface area contributed by atoms with E-state index in [1.807, 2.05) is 6.92 Å². The summed E-state index contributed by atoms with van der Waals surface area (Å²) in [4.78, 5) is 31.8. The van der Waals surface area contributed by atoms with Crippen molar-refractivity contribution in [1.29, 1.82) is 0 Å². The molecule has 0 aliphatic heterocycles. The first-order valence-electron chi connectivity index (χ1n) is 9.26. The van der Waals surface area contributed by atoms with Gasteiger partial charge in [0, 0.05) is 25.4 Å². The fourth-order valence-electron chi connectivity index (χ4n) is 2.80. The van der Waals surface area contributed by atoms with E-state index < -0.39 is 0 Å². The van der Waals surface area contributed by atoms with Gasteiger partial charge in [-0.25, -0.2) is 4.98 Å². The number of pyridine rings is 1. The Morgan fingerprint density at radius 2 is 2.14 bits per heavy atom. The molecule has 4 N–H and O–H groups in total. The van der Waals surface area contributed by atoms with E-state index in [1.54, 1.807) is 36.0 Å². The number of rotatable bonds is 7. The van der Waals surface area contributed by atoms with Crippen LogP contribution in [0.25, 0.3) is 5.65 Å². The van der Waals surface area contributed by atoms with Gasteiger partial charge >= 0.3 is 0 Å². The van der Waals surface area contributed by atoms with Gasteiger partial charge in [0.1, 0.15) is 22.9 Å². The molecule has 9 heteroatoms. The minimum absolute atomic E-state index is 0.0282. The zero-order valence-electron chi connectivity index (χ0n) is 16.4. The van der Waals surface area contributed by atoms with Gasteiger partial charge in [-0.3, -0.25) is 9.59 Å². The number of hydrogen-bond acceptors (Lipinski definition) is 6. The van der Waals surface area contributed by atoms with E-state index in [9.17, 15) is 9.59 Å². The van der Waals surface area contributed by atoms with Crippen molar-refractivity contribution >= 4 is 28.9 Å². The second-order valence-electron chi connectivity index (χ2n) is 6.76. The van der Waals surface area contributed by atoms with Gasteiger partial charge in [0.15, 0.2) is 5.65 Å². The molecule has 0 spiro atoms. The van der Waals surface area contributed by atoms with E-state index in [0.29, 0.717) is 34.5 Å². The second kappa shape index (κ2) is 8.12. The van der Waals surface area contributed by atoms with Crippen LogP contribution >= 0.6 is 0 Å². The number of amides is 1. The molecular weight excluding hydrogens is 358 g/mol. The molecule has 0 saturated carbocycles. The minimum Gasteiger partial charge on any atom is -0.373 e. The monoisotopic (exact) mass is 383 g/mol. The van der Waals surface area contributed by atoms with E-state index in [0.717, 1.165) is 6.42 Å². The molecular formula is C19H25N7O2. The Bertz CT molecular complexity index is 1040. The summed E-state index contributed by atoms with van der Waals surface area (Å²) in [6, 6.07) is 5.12. The number of fused-ring (bicyclic) bond motifs is 1. The molecule has 28 heavy (non-hydrogen) atoms. The quantitative estimate of drug-likeness (QED) is 0.498. The SMILES string of the molecule is CCC(C)C(C)NC(=O)c1cnn2c(NC)cc(Nc3ccc[nH]c3=O)nc12. The van der Waals surface area contributed by atoms with Crippen molar-refractivity contribution in [2.75, 3.05) is 17.7 Å². The van der Waals surface area contributed by atoms with Crippen LogP contribution in [-0.2, 0) is 0 Å². The predicted octanol–water partition coefficient (Wildman–Crippen LogP) is 2.37. The van der Waals surface area contributed by atoms with Crippen LogP contribution in [0.15, 0.2) is 35.4 Å². The van der Waals surface area contributed by atoms with Crippen molar-refractivity contribution < 1.29 is 4.79 Å². The van der Waals surface area contributed by atoms with E-state index in [4.69, 9.17) is 0 Å². The largest absolute Gasteiger partial charge is 0.373 e. The molecule has 148 valence electrons. The van der Waals surface area contributed by atoms with Crippen molar-refractivity contribution in [1.82, 2.24) is 24.9 Å². The summed E-state index contributed by atoms with van der Waals surface area (Å²) < 4.78 is 1.56. The van der Waals surface area contributed by atoms with Gasteiger partial charge in [0.2, 0.25) is 0 Å². The summed E-state index contributed by atoms with van der Waals surface area (Å²) in [6.45, 7) is 6.17. The van der Waals surface area contributed by atoms with Gasteiger partial charge in [0.05, 0.1) is 6.20 Å². The third-order valence-electron chi connectivity index (χ3n) is 4.91. The van der Waals surface area contributed by atoms with Gasteiger partial charge in [-0.05, 0) is 25.0 Å². The van der Waals surface area contributed by atoms with Gasteiger partial charge in [-0.1, -0.05) is 20.3 Å². The van der Waals surface area contributed by atoms with Crippen LogP contribution in [0, 0.1) is 5.92 Å². The highest BCUT2D eigenvalue weighted by molar-refractivity contribution is 6.00. The van der Waals surface area contributed by atoms with E-state index in [-0.39, 0.29) is 17.5 Å². The maximum absolute atomic E-state index is 12.8. The van der Waals surface area contributed by atoms with Crippen LogP contribution in [0.2, 0.25) is 0 Å². The van der Waals surface area contributed by atoms with E-state index >= 15 is 0 Å². The van der Waals surface area contributed by atoms with Crippen molar-refractivity contribution in [2.24, 2.45) is 5.92 Å². The van der Waals surface area contributed by atoms with Crippen LogP contribution in [0.4, 0.5) is 17.3 Å². The molecule has 3 aromatic heterocycles. The first-order chi connectivity index (χ1) is 13.4. The van der Waals surface area contributed by atoms with Gasteiger partial charge in [0.25, 0.3) is 11.5 Å². The lowest BCUT2D eigenvalue weighted by molar-refractivity contribution is 0.0929. The van der Waals surface area contributed by atoms with Crippen molar-refractivity contribution in [3.05, 3.63) is 46.5 Å². The minimum atomic E-state index is -0.260. The fraction of sp³-hybridized carbons (Fsp3) is 0.368. The van der Waals surface area contributed by atoms with Crippen molar-refractivity contribution in [3.63, 3.8) is 0 Å². The van der Waals surface area contributed by atoms with Crippen molar-refractivity contribution in [2.45, 2.75) is 33.2 Å². The Morgan fingerprint density at radius 1 is 1.36 bits per heavy atom. The Hall–Kier alpha value is -3.36. The number of H-pyrrole nitrogens is 1. The fourth-order valence-corrected chi connectivity index (χ4v) is 2.80. The lowest BCUT2D eigenvalue weighted by Crippen LogP contribution is -2.36. The van der Waals surface area contributed by atoms with Crippen LogP contribution in [0.1, 0.15) is 37.6 Å². The maximum atomic E-state index is 12.8. The Labute approximate surface area is 162 Å². The molecule has 1 amide bonds.